The average Bonchev–Trinajstić information content (AvgIpc) is 2.63. The Labute approximate surface area is 140 Å². The van der Waals surface area contributed by atoms with Crippen LogP contribution in [0.25, 0.3) is 0 Å². The van der Waals surface area contributed by atoms with E-state index in [1.807, 2.05) is 36.4 Å². The molecular formula is C18H19N3O3. The average molecular weight is 325 g/mol. The molecule has 0 fully saturated rings. The van der Waals surface area contributed by atoms with Gasteiger partial charge in [-0.15, -0.1) is 0 Å². The van der Waals surface area contributed by atoms with Crippen molar-refractivity contribution in [3.8, 4) is 5.75 Å². The molecule has 2 heterocycles. The number of benzene rings is 1. The van der Waals surface area contributed by atoms with Gasteiger partial charge in [0.2, 0.25) is 5.91 Å². The van der Waals surface area contributed by atoms with E-state index in [0.717, 1.165) is 11.3 Å². The summed E-state index contributed by atoms with van der Waals surface area (Å²) in [6, 6.07) is 11.2. The molecule has 6 heteroatoms. The third-order valence-corrected chi connectivity index (χ3v) is 3.83. The zero-order valence-corrected chi connectivity index (χ0v) is 13.3. The SMILES string of the molecule is O=C(CCCN1C(=O)COc2ccccc21)NCc1ccncc1. The maximum Gasteiger partial charge on any atom is 0.265 e. The number of rotatable bonds is 6. The summed E-state index contributed by atoms with van der Waals surface area (Å²) in [6.45, 7) is 1.04. The van der Waals surface area contributed by atoms with Crippen LogP contribution in [0.2, 0.25) is 0 Å². The molecule has 0 spiro atoms. The minimum Gasteiger partial charge on any atom is -0.482 e. The monoisotopic (exact) mass is 325 g/mol. The van der Waals surface area contributed by atoms with Gasteiger partial charge in [-0.3, -0.25) is 14.6 Å². The molecule has 0 aliphatic carbocycles. The Morgan fingerprint density at radius 2 is 2.00 bits per heavy atom. The topological polar surface area (TPSA) is 71.5 Å². The fraction of sp³-hybridized carbons (Fsp3) is 0.278. The van der Waals surface area contributed by atoms with Crippen LogP contribution in [0.3, 0.4) is 0 Å². The molecule has 0 unspecified atom stereocenters. The van der Waals surface area contributed by atoms with Gasteiger partial charge < -0.3 is 15.0 Å². The van der Waals surface area contributed by atoms with Crippen LogP contribution in [0.15, 0.2) is 48.8 Å². The molecule has 1 N–H and O–H groups in total. The number of fused-ring (bicyclic) bond motifs is 1. The number of nitrogens with one attached hydrogen (secondary N) is 1. The number of nitrogens with zero attached hydrogens (tertiary/aromatic N) is 2. The highest BCUT2D eigenvalue weighted by Gasteiger charge is 2.24. The first-order valence-corrected chi connectivity index (χ1v) is 7.92. The zero-order valence-electron chi connectivity index (χ0n) is 13.3. The second-order valence-electron chi connectivity index (χ2n) is 5.54. The van der Waals surface area contributed by atoms with Crippen molar-refractivity contribution >= 4 is 17.5 Å². The van der Waals surface area contributed by atoms with Crippen molar-refractivity contribution in [3.05, 3.63) is 54.4 Å². The van der Waals surface area contributed by atoms with Gasteiger partial charge in [0, 0.05) is 31.9 Å². The molecule has 1 aliphatic heterocycles. The van der Waals surface area contributed by atoms with Crippen LogP contribution in [0, 0.1) is 0 Å². The first-order valence-electron chi connectivity index (χ1n) is 7.92. The number of amides is 2. The summed E-state index contributed by atoms with van der Waals surface area (Å²) in [7, 11) is 0. The summed E-state index contributed by atoms with van der Waals surface area (Å²) >= 11 is 0. The minimum atomic E-state index is -0.0779. The molecular weight excluding hydrogens is 306 g/mol. The number of aromatic nitrogens is 1. The van der Waals surface area contributed by atoms with Crippen LogP contribution in [-0.2, 0) is 16.1 Å². The Kier molecular flexibility index (Phi) is 5.05. The van der Waals surface area contributed by atoms with Crippen LogP contribution in [0.1, 0.15) is 18.4 Å². The van der Waals surface area contributed by atoms with Crippen molar-refractivity contribution in [3.63, 3.8) is 0 Å². The molecule has 1 aliphatic rings. The van der Waals surface area contributed by atoms with Gasteiger partial charge in [-0.05, 0) is 36.2 Å². The van der Waals surface area contributed by atoms with Crippen LogP contribution in [0.4, 0.5) is 5.69 Å². The van der Waals surface area contributed by atoms with Gasteiger partial charge in [0.05, 0.1) is 5.69 Å². The molecule has 0 atom stereocenters. The van der Waals surface area contributed by atoms with Gasteiger partial charge >= 0.3 is 0 Å². The number of hydrogen-bond donors (Lipinski definition) is 1. The normalized spacial score (nSPS) is 13.2. The van der Waals surface area contributed by atoms with E-state index in [0.29, 0.717) is 31.7 Å². The lowest BCUT2D eigenvalue weighted by Gasteiger charge is -2.29. The molecule has 24 heavy (non-hydrogen) atoms. The van der Waals surface area contributed by atoms with Crippen molar-refractivity contribution in [1.82, 2.24) is 10.3 Å². The maximum absolute atomic E-state index is 12.0. The Hall–Kier alpha value is -2.89. The predicted octanol–water partition coefficient (Wildman–Crippen LogP) is 1.90. The summed E-state index contributed by atoms with van der Waals surface area (Å²) < 4.78 is 5.41. The summed E-state index contributed by atoms with van der Waals surface area (Å²) in [5.41, 5.74) is 1.78. The highest BCUT2D eigenvalue weighted by molar-refractivity contribution is 5.97. The standard InChI is InChI=1S/C18H19N3O3/c22-17(20-12-14-7-9-19-10-8-14)6-3-11-21-15-4-1-2-5-16(15)24-13-18(21)23/h1-2,4-5,7-10H,3,6,11-13H2,(H,20,22). The highest BCUT2D eigenvalue weighted by atomic mass is 16.5. The van der Waals surface area contributed by atoms with Crippen LogP contribution < -0.4 is 15.0 Å². The summed E-state index contributed by atoms with van der Waals surface area (Å²) in [5.74, 6) is 0.603. The van der Waals surface area contributed by atoms with Gasteiger partial charge in [0.25, 0.3) is 5.91 Å². The van der Waals surface area contributed by atoms with Crippen molar-refractivity contribution in [1.29, 1.82) is 0 Å². The lowest BCUT2D eigenvalue weighted by Crippen LogP contribution is -2.39. The van der Waals surface area contributed by atoms with E-state index in [9.17, 15) is 9.59 Å². The minimum absolute atomic E-state index is 0.0270. The first-order chi connectivity index (χ1) is 11.7. The Morgan fingerprint density at radius 3 is 2.83 bits per heavy atom. The fourth-order valence-electron chi connectivity index (χ4n) is 2.59. The third kappa shape index (κ3) is 3.90. The number of anilines is 1. The summed E-state index contributed by atoms with van der Waals surface area (Å²) in [5, 5.41) is 2.87. The van der Waals surface area contributed by atoms with E-state index in [1.165, 1.54) is 0 Å². The second-order valence-corrected chi connectivity index (χ2v) is 5.54. The van der Waals surface area contributed by atoms with Gasteiger partial charge in [0.15, 0.2) is 6.61 Å². The molecule has 124 valence electrons. The molecule has 1 aromatic heterocycles. The lowest BCUT2D eigenvalue weighted by molar-refractivity contribution is -0.123. The van der Waals surface area contributed by atoms with E-state index in [2.05, 4.69) is 10.3 Å². The number of carbonyl (C=O) groups excluding carboxylic acids is 2. The Bertz CT molecular complexity index is 718. The van der Waals surface area contributed by atoms with Crippen molar-refractivity contribution in [2.45, 2.75) is 19.4 Å². The summed E-state index contributed by atoms with van der Waals surface area (Å²) in [6.07, 6.45) is 4.37. The first kappa shape index (κ1) is 16.0. The third-order valence-electron chi connectivity index (χ3n) is 3.83. The maximum atomic E-state index is 12.0. The molecule has 2 amide bonds. The molecule has 3 rings (SSSR count). The zero-order chi connectivity index (χ0) is 16.8. The Balaban J connectivity index is 1.48. The lowest BCUT2D eigenvalue weighted by atomic mass is 10.2. The largest absolute Gasteiger partial charge is 0.482 e. The number of pyridine rings is 1. The number of carbonyl (C=O) groups is 2. The fourth-order valence-corrected chi connectivity index (χ4v) is 2.59. The molecule has 0 saturated heterocycles. The van der Waals surface area contributed by atoms with Crippen LogP contribution >= 0.6 is 0 Å². The number of ether oxygens (including phenoxy) is 1. The Morgan fingerprint density at radius 1 is 1.21 bits per heavy atom. The molecule has 0 radical (unpaired) electrons. The predicted molar refractivity (Wildman–Crippen MR) is 89.6 cm³/mol. The molecule has 6 nitrogen and oxygen atoms in total. The highest BCUT2D eigenvalue weighted by Crippen LogP contribution is 2.31. The van der Waals surface area contributed by atoms with Gasteiger partial charge in [-0.2, -0.15) is 0 Å². The molecule has 2 aromatic rings. The number of para-hydroxylation sites is 2. The van der Waals surface area contributed by atoms with Crippen molar-refractivity contribution < 1.29 is 14.3 Å². The smallest absolute Gasteiger partial charge is 0.265 e. The van der Waals surface area contributed by atoms with Gasteiger partial charge in [0.1, 0.15) is 5.75 Å². The summed E-state index contributed by atoms with van der Waals surface area (Å²) in [4.78, 5) is 29.6. The van der Waals surface area contributed by atoms with Gasteiger partial charge in [-0.25, -0.2) is 0 Å². The van der Waals surface area contributed by atoms with Crippen molar-refractivity contribution in [2.24, 2.45) is 0 Å². The second kappa shape index (κ2) is 7.59. The molecule has 1 aromatic carbocycles. The van der Waals surface area contributed by atoms with Crippen LogP contribution in [0.5, 0.6) is 5.75 Å². The van der Waals surface area contributed by atoms with Crippen molar-refractivity contribution in [2.75, 3.05) is 18.1 Å². The van der Waals surface area contributed by atoms with E-state index < -0.39 is 0 Å². The van der Waals surface area contributed by atoms with E-state index in [4.69, 9.17) is 4.74 Å². The van der Waals surface area contributed by atoms with E-state index in [-0.39, 0.29) is 18.4 Å². The quantitative estimate of drug-likeness (QED) is 0.880. The van der Waals surface area contributed by atoms with Gasteiger partial charge in [-0.1, -0.05) is 12.1 Å². The number of hydrogen-bond acceptors (Lipinski definition) is 4. The van der Waals surface area contributed by atoms with E-state index >= 15 is 0 Å². The van der Waals surface area contributed by atoms with E-state index in [1.54, 1.807) is 17.3 Å². The molecule has 0 saturated carbocycles. The van der Waals surface area contributed by atoms with Crippen LogP contribution in [-0.4, -0.2) is 29.9 Å². The molecule has 0 bridgehead atoms.